The first-order valence-corrected chi connectivity index (χ1v) is 11.3. The Kier molecular flexibility index (Phi) is 5.23. The van der Waals surface area contributed by atoms with Crippen LogP contribution in [0.25, 0.3) is 0 Å². The summed E-state index contributed by atoms with van der Waals surface area (Å²) in [6.07, 6.45) is 6.24. The quantitative estimate of drug-likeness (QED) is 0.590. The van der Waals surface area contributed by atoms with Crippen LogP contribution in [0.15, 0.2) is 36.4 Å². The summed E-state index contributed by atoms with van der Waals surface area (Å²) >= 11 is 0. The molecule has 4 nitrogen and oxygen atoms in total. The lowest BCUT2D eigenvalue weighted by atomic mass is 9.88. The molecule has 0 amide bonds. The molecule has 0 spiro atoms. The second-order valence-electron chi connectivity index (χ2n) is 9.03. The van der Waals surface area contributed by atoms with Crippen LogP contribution in [0.5, 0.6) is 0 Å². The fourth-order valence-electron chi connectivity index (χ4n) is 5.78. The van der Waals surface area contributed by atoms with E-state index in [-0.39, 0.29) is 11.5 Å². The van der Waals surface area contributed by atoms with Gasteiger partial charge >= 0.3 is 0 Å². The second-order valence-corrected chi connectivity index (χ2v) is 9.03. The van der Waals surface area contributed by atoms with Crippen LogP contribution >= 0.6 is 0 Å². The van der Waals surface area contributed by atoms with Crippen LogP contribution in [-0.4, -0.2) is 42.9 Å². The number of aryl methyl sites for hydroxylation is 1. The summed E-state index contributed by atoms with van der Waals surface area (Å²) in [5, 5.41) is 0. The van der Waals surface area contributed by atoms with Crippen molar-refractivity contribution in [2.45, 2.75) is 50.5 Å². The van der Waals surface area contributed by atoms with Crippen molar-refractivity contribution in [2.24, 2.45) is 0 Å². The van der Waals surface area contributed by atoms with Crippen molar-refractivity contribution in [3.8, 4) is 0 Å². The van der Waals surface area contributed by atoms with E-state index >= 15 is 0 Å². The van der Waals surface area contributed by atoms with Gasteiger partial charge in [-0.2, -0.15) is 0 Å². The molecule has 158 valence electrons. The molecule has 1 saturated heterocycles. The van der Waals surface area contributed by atoms with Crippen LogP contribution in [-0.2, 0) is 6.42 Å². The van der Waals surface area contributed by atoms with Gasteiger partial charge in [-0.3, -0.25) is 4.79 Å². The zero-order valence-electron chi connectivity index (χ0n) is 17.4. The molecule has 0 aliphatic carbocycles. The topological polar surface area (TPSA) is 49.6 Å². The lowest BCUT2D eigenvalue weighted by Crippen LogP contribution is -2.46. The number of fused-ring (bicyclic) bond motifs is 3. The number of nitrogens with zero attached hydrogens (tertiary/aromatic N) is 2. The summed E-state index contributed by atoms with van der Waals surface area (Å²) < 4.78 is 13.2. The van der Waals surface area contributed by atoms with Crippen LogP contribution in [0, 0.1) is 5.82 Å². The van der Waals surface area contributed by atoms with E-state index in [1.807, 2.05) is 0 Å². The Morgan fingerprint density at radius 1 is 1.17 bits per heavy atom. The van der Waals surface area contributed by atoms with E-state index in [1.165, 1.54) is 61.7 Å². The highest BCUT2D eigenvalue weighted by molar-refractivity contribution is 6.00. The number of halogens is 1. The molecule has 3 aliphatic rings. The molecule has 2 aromatic carbocycles. The number of carbonyl (C=O) groups is 1. The lowest BCUT2D eigenvalue weighted by molar-refractivity contribution is 0.0972. The van der Waals surface area contributed by atoms with Crippen molar-refractivity contribution in [2.75, 3.05) is 36.8 Å². The van der Waals surface area contributed by atoms with E-state index < -0.39 is 5.82 Å². The monoisotopic (exact) mass is 407 g/mol. The Labute approximate surface area is 177 Å². The molecule has 0 unspecified atom stereocenters. The number of nitrogen functional groups attached to an aromatic ring is 1. The summed E-state index contributed by atoms with van der Waals surface area (Å²) in [6.45, 7) is 4.28. The summed E-state index contributed by atoms with van der Waals surface area (Å²) in [5.41, 5.74) is 11.1. The normalized spacial score (nSPS) is 23.0. The SMILES string of the molecule is Nc1cc(F)ccc1C(=O)CCCN1CC[C@H]2[C@@H](C1)c1cccc3c1N2CCCC3. The van der Waals surface area contributed by atoms with Crippen LogP contribution in [0.3, 0.4) is 0 Å². The van der Waals surface area contributed by atoms with Crippen molar-refractivity contribution >= 4 is 17.2 Å². The number of anilines is 2. The largest absolute Gasteiger partial charge is 0.398 e. The maximum absolute atomic E-state index is 13.2. The first-order valence-electron chi connectivity index (χ1n) is 11.3. The molecule has 0 radical (unpaired) electrons. The van der Waals surface area contributed by atoms with Gasteiger partial charge in [0.05, 0.1) is 0 Å². The van der Waals surface area contributed by atoms with Gasteiger partial charge in [-0.25, -0.2) is 4.39 Å². The summed E-state index contributed by atoms with van der Waals surface area (Å²) in [4.78, 5) is 17.7. The first kappa shape index (κ1) is 19.6. The predicted molar refractivity (Wildman–Crippen MR) is 119 cm³/mol. The van der Waals surface area contributed by atoms with Crippen molar-refractivity contribution in [3.63, 3.8) is 0 Å². The number of hydrogen-bond donors (Lipinski definition) is 1. The van der Waals surface area contributed by atoms with E-state index in [2.05, 4.69) is 28.0 Å². The van der Waals surface area contributed by atoms with Gasteiger partial charge < -0.3 is 15.5 Å². The van der Waals surface area contributed by atoms with Gasteiger partial charge in [0.2, 0.25) is 0 Å². The molecular formula is C25H30FN3O. The average molecular weight is 408 g/mol. The van der Waals surface area contributed by atoms with Gasteiger partial charge in [0.25, 0.3) is 0 Å². The zero-order chi connectivity index (χ0) is 20.7. The molecule has 5 rings (SSSR count). The maximum atomic E-state index is 13.2. The van der Waals surface area contributed by atoms with Gasteiger partial charge in [-0.1, -0.05) is 18.2 Å². The number of likely N-dealkylation sites (tertiary alicyclic amines) is 1. The summed E-state index contributed by atoms with van der Waals surface area (Å²) in [6, 6.07) is 11.6. The molecule has 5 heteroatoms. The van der Waals surface area contributed by atoms with E-state index in [9.17, 15) is 9.18 Å². The highest BCUT2D eigenvalue weighted by Crippen LogP contribution is 2.47. The molecule has 2 atom stereocenters. The molecule has 2 N–H and O–H groups in total. The van der Waals surface area contributed by atoms with E-state index in [0.29, 0.717) is 23.9 Å². The van der Waals surface area contributed by atoms with E-state index in [0.717, 1.165) is 26.1 Å². The number of carbonyl (C=O) groups excluding carboxylic acids is 1. The smallest absolute Gasteiger partial charge is 0.164 e. The standard InChI is InChI=1S/C25H30FN3O/c26-18-9-10-20(22(27)15-18)24(30)8-4-12-28-14-11-23-21(16-28)19-7-3-6-17-5-1-2-13-29(23)25(17)19/h3,6-7,9-10,15,21,23H,1-2,4-5,8,11-14,16,27H2/t21-,23-/m0/s1. The predicted octanol–water partition coefficient (Wildman–Crippen LogP) is 4.39. The number of rotatable bonds is 5. The number of para-hydroxylation sites is 1. The van der Waals surface area contributed by atoms with Crippen LogP contribution in [0.1, 0.15) is 59.5 Å². The Balaban J connectivity index is 1.22. The summed E-state index contributed by atoms with van der Waals surface area (Å²) in [7, 11) is 0. The molecule has 1 fully saturated rings. The number of hydrogen-bond acceptors (Lipinski definition) is 4. The Morgan fingerprint density at radius 2 is 2.07 bits per heavy atom. The first-order chi connectivity index (χ1) is 14.6. The number of Topliss-reactive ketones (excluding diaryl/α,β-unsaturated/α-hetero) is 1. The third-order valence-corrected chi connectivity index (χ3v) is 7.19. The van der Waals surface area contributed by atoms with E-state index in [4.69, 9.17) is 5.73 Å². The second kappa shape index (κ2) is 8.03. The number of benzene rings is 2. The molecule has 0 bridgehead atoms. The van der Waals surface area contributed by atoms with Gasteiger partial charge in [-0.15, -0.1) is 0 Å². The molecular weight excluding hydrogens is 377 g/mol. The Morgan fingerprint density at radius 3 is 2.93 bits per heavy atom. The Hall–Kier alpha value is -2.40. The van der Waals surface area contributed by atoms with Crippen molar-refractivity contribution < 1.29 is 9.18 Å². The Bertz CT molecular complexity index is 959. The third kappa shape index (κ3) is 3.49. The number of nitrogens with two attached hydrogens (primary N) is 1. The molecule has 0 saturated carbocycles. The minimum absolute atomic E-state index is 0.00607. The average Bonchev–Trinajstić information content (AvgIpc) is 2.89. The van der Waals surface area contributed by atoms with Crippen molar-refractivity contribution in [1.82, 2.24) is 4.90 Å². The fraction of sp³-hybridized carbons (Fsp3) is 0.480. The fourth-order valence-corrected chi connectivity index (χ4v) is 5.78. The van der Waals surface area contributed by atoms with Crippen LogP contribution < -0.4 is 10.6 Å². The van der Waals surface area contributed by atoms with Crippen molar-refractivity contribution in [1.29, 1.82) is 0 Å². The van der Waals surface area contributed by atoms with Gasteiger partial charge in [0.1, 0.15) is 5.82 Å². The molecule has 3 heterocycles. The number of piperidine rings is 1. The van der Waals surface area contributed by atoms with Crippen LogP contribution in [0.4, 0.5) is 15.8 Å². The zero-order valence-corrected chi connectivity index (χ0v) is 17.4. The minimum Gasteiger partial charge on any atom is -0.398 e. The van der Waals surface area contributed by atoms with Crippen LogP contribution in [0.2, 0.25) is 0 Å². The van der Waals surface area contributed by atoms with Crippen molar-refractivity contribution in [3.05, 3.63) is 58.9 Å². The summed E-state index contributed by atoms with van der Waals surface area (Å²) in [5.74, 6) is 0.183. The highest BCUT2D eigenvalue weighted by Gasteiger charge is 2.42. The number of ketones is 1. The minimum atomic E-state index is -0.402. The van der Waals surface area contributed by atoms with Gasteiger partial charge in [0.15, 0.2) is 5.78 Å². The lowest BCUT2D eigenvalue weighted by Gasteiger charge is -2.39. The highest BCUT2D eigenvalue weighted by atomic mass is 19.1. The van der Waals surface area contributed by atoms with Gasteiger partial charge in [-0.05, 0) is 68.0 Å². The van der Waals surface area contributed by atoms with E-state index in [1.54, 1.807) is 5.56 Å². The third-order valence-electron chi connectivity index (χ3n) is 7.19. The molecule has 2 aromatic rings. The maximum Gasteiger partial charge on any atom is 0.164 e. The molecule has 30 heavy (non-hydrogen) atoms. The molecule has 3 aliphatic heterocycles. The molecule has 0 aromatic heterocycles. The van der Waals surface area contributed by atoms with Gasteiger partial charge in [0, 0.05) is 55.0 Å².